The molecule has 0 saturated heterocycles. The van der Waals surface area contributed by atoms with Crippen molar-refractivity contribution in [3.63, 3.8) is 0 Å². The first kappa shape index (κ1) is 21.2. The maximum Gasteiger partial charge on any atom is 0.332 e. The van der Waals surface area contributed by atoms with Crippen LogP contribution in [-0.4, -0.2) is 45.1 Å². The number of rotatable bonds is 7. The Bertz CT molecular complexity index is 1090. The first-order valence-electron chi connectivity index (χ1n) is 9.65. The zero-order valence-electron chi connectivity index (χ0n) is 17.4. The predicted molar refractivity (Wildman–Crippen MR) is 112 cm³/mol. The summed E-state index contributed by atoms with van der Waals surface area (Å²) in [7, 11) is 3.00. The van der Waals surface area contributed by atoms with E-state index in [9.17, 15) is 9.18 Å². The normalized spacial score (nSPS) is 16.6. The number of hydrogen-bond donors (Lipinski definition) is 2. The lowest BCUT2D eigenvalue weighted by atomic mass is 9.95. The van der Waals surface area contributed by atoms with Gasteiger partial charge in [-0.25, -0.2) is 14.6 Å². The van der Waals surface area contributed by atoms with Crippen LogP contribution in [0.5, 0.6) is 23.0 Å². The molecule has 0 bridgehead atoms. The second-order valence-corrected chi connectivity index (χ2v) is 6.94. The van der Waals surface area contributed by atoms with Crippen molar-refractivity contribution in [3.05, 3.63) is 46.8 Å². The number of nitrogens with one attached hydrogen (secondary N) is 1. The van der Waals surface area contributed by atoms with Gasteiger partial charge >= 0.3 is 6.03 Å². The molecule has 10 nitrogen and oxygen atoms in total. The van der Waals surface area contributed by atoms with Gasteiger partial charge < -0.3 is 29.5 Å². The summed E-state index contributed by atoms with van der Waals surface area (Å²) in [6.45, 7) is -0.0137. The highest BCUT2D eigenvalue weighted by atomic mass is 19.1. The van der Waals surface area contributed by atoms with Crippen molar-refractivity contribution in [1.82, 2.24) is 5.43 Å². The van der Waals surface area contributed by atoms with Gasteiger partial charge in [0.25, 0.3) is 0 Å². The molecule has 2 amide bonds. The topological polar surface area (TPSA) is 126 Å². The Morgan fingerprint density at radius 3 is 2.66 bits per heavy atom. The fraction of sp³-hybridized carbons (Fsp3) is 0.286. The number of oxime groups is 1. The predicted octanol–water partition coefficient (Wildman–Crippen LogP) is 2.31. The number of methoxy groups -OCH3 is 2. The minimum atomic E-state index is -0.812. The summed E-state index contributed by atoms with van der Waals surface area (Å²) in [6.07, 6.45) is 1.89. The largest absolute Gasteiger partial charge is 0.492 e. The standard InChI is InChI=1S/C21H21FN4O6/c1-28-17-14(7-13-8-16(26-32-13)11-3-5-12(22)6-4-11)15(9-24-25-21(23)27)18-20(19(17)29-2)31-10-30-18/h3-6,9,13H,7-8,10H2,1-2H3,(H3,23,25,27)/b24-9-/t13-/m0/s1. The number of hydrogen-bond acceptors (Lipinski definition) is 8. The Kier molecular flexibility index (Phi) is 5.97. The summed E-state index contributed by atoms with van der Waals surface area (Å²) in [4.78, 5) is 16.7. The number of carbonyl (C=O) groups is 1. The van der Waals surface area contributed by atoms with Crippen LogP contribution < -0.4 is 30.1 Å². The molecule has 0 radical (unpaired) electrons. The summed E-state index contributed by atoms with van der Waals surface area (Å²) in [6, 6.07) is 5.23. The van der Waals surface area contributed by atoms with Crippen molar-refractivity contribution in [1.29, 1.82) is 0 Å². The molecule has 2 aliphatic heterocycles. The Morgan fingerprint density at radius 2 is 1.97 bits per heavy atom. The number of primary amides is 1. The number of nitrogens with zero attached hydrogens (tertiary/aromatic N) is 2. The Balaban J connectivity index is 1.67. The van der Waals surface area contributed by atoms with E-state index in [0.29, 0.717) is 52.7 Å². The van der Waals surface area contributed by atoms with Crippen molar-refractivity contribution in [2.24, 2.45) is 16.0 Å². The summed E-state index contributed by atoms with van der Waals surface area (Å²) in [5.74, 6) is 1.22. The molecule has 2 aliphatic rings. The van der Waals surface area contributed by atoms with Gasteiger partial charge in [0.2, 0.25) is 18.3 Å². The number of nitrogens with two attached hydrogens (primary N) is 1. The van der Waals surface area contributed by atoms with E-state index >= 15 is 0 Å². The zero-order chi connectivity index (χ0) is 22.7. The SMILES string of the molecule is COc1c(C[C@H]2CC(c3ccc(F)cc3)=NO2)c(/C=N\NC(N)=O)c2c(c1OC)OCO2. The molecule has 4 rings (SSSR count). The number of carbonyl (C=O) groups excluding carboxylic acids is 1. The summed E-state index contributed by atoms with van der Waals surface area (Å²) in [5, 5.41) is 8.03. The third-order valence-electron chi connectivity index (χ3n) is 4.99. The number of halogens is 1. The number of amides is 2. The Hall–Kier alpha value is -4.02. The third-order valence-corrected chi connectivity index (χ3v) is 4.99. The first-order chi connectivity index (χ1) is 15.5. The van der Waals surface area contributed by atoms with Gasteiger partial charge in [-0.3, -0.25) is 0 Å². The van der Waals surface area contributed by atoms with Crippen LogP contribution in [-0.2, 0) is 11.3 Å². The van der Waals surface area contributed by atoms with Crippen LogP contribution in [0, 0.1) is 5.82 Å². The molecule has 2 aromatic rings. The van der Waals surface area contributed by atoms with Crippen molar-refractivity contribution in [2.75, 3.05) is 21.0 Å². The number of ether oxygens (including phenoxy) is 4. The number of benzene rings is 2. The lowest BCUT2D eigenvalue weighted by Gasteiger charge is -2.19. The molecule has 168 valence electrons. The first-order valence-corrected chi connectivity index (χ1v) is 9.65. The highest BCUT2D eigenvalue weighted by molar-refractivity contribution is 6.01. The minimum Gasteiger partial charge on any atom is -0.492 e. The average molecular weight is 444 g/mol. The molecule has 1 atom stereocenters. The van der Waals surface area contributed by atoms with Gasteiger partial charge in [-0.05, 0) is 17.7 Å². The van der Waals surface area contributed by atoms with Gasteiger partial charge in [0, 0.05) is 24.0 Å². The van der Waals surface area contributed by atoms with E-state index in [2.05, 4.69) is 15.7 Å². The van der Waals surface area contributed by atoms with E-state index in [0.717, 1.165) is 5.56 Å². The van der Waals surface area contributed by atoms with Gasteiger partial charge in [-0.15, -0.1) is 0 Å². The second-order valence-electron chi connectivity index (χ2n) is 6.94. The van der Waals surface area contributed by atoms with Crippen LogP contribution in [0.25, 0.3) is 0 Å². The Morgan fingerprint density at radius 1 is 1.25 bits per heavy atom. The lowest BCUT2D eigenvalue weighted by Crippen LogP contribution is -2.24. The van der Waals surface area contributed by atoms with E-state index < -0.39 is 6.03 Å². The molecule has 3 N–H and O–H groups in total. The highest BCUT2D eigenvalue weighted by Gasteiger charge is 2.33. The van der Waals surface area contributed by atoms with E-state index in [1.54, 1.807) is 12.1 Å². The van der Waals surface area contributed by atoms with Gasteiger partial charge in [0.05, 0.1) is 26.1 Å². The van der Waals surface area contributed by atoms with Crippen LogP contribution in [0.1, 0.15) is 23.1 Å². The molecule has 2 aromatic carbocycles. The second kappa shape index (κ2) is 9.00. The fourth-order valence-corrected chi connectivity index (χ4v) is 3.63. The van der Waals surface area contributed by atoms with Crippen molar-refractivity contribution < 1.29 is 33.0 Å². The van der Waals surface area contributed by atoms with E-state index in [1.165, 1.54) is 32.6 Å². The monoisotopic (exact) mass is 444 g/mol. The molecule has 11 heteroatoms. The molecule has 0 aromatic heterocycles. The van der Waals surface area contributed by atoms with E-state index in [-0.39, 0.29) is 18.7 Å². The molecular weight excluding hydrogens is 423 g/mol. The average Bonchev–Trinajstić information content (AvgIpc) is 3.44. The fourth-order valence-electron chi connectivity index (χ4n) is 3.63. The van der Waals surface area contributed by atoms with E-state index in [4.69, 9.17) is 29.5 Å². The van der Waals surface area contributed by atoms with Crippen molar-refractivity contribution in [3.8, 4) is 23.0 Å². The molecule has 32 heavy (non-hydrogen) atoms. The smallest absolute Gasteiger partial charge is 0.332 e. The van der Waals surface area contributed by atoms with Gasteiger partial charge in [0.15, 0.2) is 11.5 Å². The lowest BCUT2D eigenvalue weighted by molar-refractivity contribution is 0.0853. The van der Waals surface area contributed by atoms with Crippen LogP contribution in [0.4, 0.5) is 9.18 Å². The van der Waals surface area contributed by atoms with E-state index in [1.807, 2.05) is 0 Å². The molecule has 0 spiro atoms. The van der Waals surface area contributed by atoms with Crippen molar-refractivity contribution >= 4 is 18.0 Å². The van der Waals surface area contributed by atoms with Crippen LogP contribution in [0.15, 0.2) is 34.5 Å². The summed E-state index contributed by atoms with van der Waals surface area (Å²) in [5.41, 5.74) is 9.91. The van der Waals surface area contributed by atoms with Gasteiger partial charge in [0.1, 0.15) is 11.9 Å². The quantitative estimate of drug-likeness (QED) is 0.499. The van der Waals surface area contributed by atoms with Crippen LogP contribution >= 0.6 is 0 Å². The number of fused-ring (bicyclic) bond motifs is 1. The maximum absolute atomic E-state index is 13.2. The van der Waals surface area contributed by atoms with Gasteiger partial charge in [-0.2, -0.15) is 5.10 Å². The molecule has 0 fully saturated rings. The molecular formula is C21H21FN4O6. The Labute approximate surface area is 182 Å². The minimum absolute atomic E-state index is 0.0137. The molecule has 0 saturated carbocycles. The zero-order valence-corrected chi connectivity index (χ0v) is 17.4. The molecule has 0 aliphatic carbocycles. The molecule has 0 unspecified atom stereocenters. The maximum atomic E-state index is 13.2. The summed E-state index contributed by atoms with van der Waals surface area (Å²) < 4.78 is 35.6. The summed E-state index contributed by atoms with van der Waals surface area (Å²) >= 11 is 0. The number of urea groups is 1. The van der Waals surface area contributed by atoms with Gasteiger partial charge in [-0.1, -0.05) is 17.3 Å². The number of hydrazone groups is 1. The third kappa shape index (κ3) is 4.09. The van der Waals surface area contributed by atoms with Crippen LogP contribution in [0.3, 0.4) is 0 Å². The molecule has 2 heterocycles. The van der Waals surface area contributed by atoms with Crippen molar-refractivity contribution in [2.45, 2.75) is 18.9 Å². The van der Waals surface area contributed by atoms with Crippen LogP contribution in [0.2, 0.25) is 0 Å². The highest BCUT2D eigenvalue weighted by Crippen LogP contribution is 2.52.